The molecule has 0 saturated heterocycles. The van der Waals surface area contributed by atoms with Gasteiger partial charge in [-0.3, -0.25) is 0 Å². The Morgan fingerprint density at radius 1 is 1.00 bits per heavy atom. The van der Waals surface area contributed by atoms with E-state index in [4.69, 9.17) is 4.74 Å². The zero-order chi connectivity index (χ0) is 14.9. The molecule has 2 aromatic rings. The van der Waals surface area contributed by atoms with Crippen molar-refractivity contribution in [2.45, 2.75) is 11.8 Å². The molecule has 0 aliphatic carbocycles. The first kappa shape index (κ1) is 14.9. The lowest BCUT2D eigenvalue weighted by Crippen LogP contribution is -2.02. The van der Waals surface area contributed by atoms with Gasteiger partial charge >= 0.3 is 0 Å². The summed E-state index contributed by atoms with van der Waals surface area (Å²) >= 11 is 3.32. The third-order valence-electron chi connectivity index (χ3n) is 3.02. The van der Waals surface area contributed by atoms with E-state index < -0.39 is 22.3 Å². The lowest BCUT2D eigenvalue weighted by atomic mass is 10.0. The fourth-order valence-electron chi connectivity index (χ4n) is 1.94. The van der Waals surface area contributed by atoms with Gasteiger partial charge in [0.1, 0.15) is 23.2 Å². The highest BCUT2D eigenvalue weighted by molar-refractivity contribution is 9.09. The first-order valence-corrected chi connectivity index (χ1v) is 6.78. The van der Waals surface area contributed by atoms with E-state index in [9.17, 15) is 13.2 Å². The third-order valence-corrected chi connectivity index (χ3v) is 4.00. The molecule has 20 heavy (non-hydrogen) atoms. The van der Waals surface area contributed by atoms with E-state index in [1.165, 1.54) is 31.4 Å². The van der Waals surface area contributed by atoms with Crippen molar-refractivity contribution in [2.75, 3.05) is 7.11 Å². The van der Waals surface area contributed by atoms with Crippen LogP contribution < -0.4 is 4.74 Å². The van der Waals surface area contributed by atoms with Gasteiger partial charge in [-0.2, -0.15) is 0 Å². The summed E-state index contributed by atoms with van der Waals surface area (Å²) in [6, 6.07) is 6.21. The molecule has 1 unspecified atom stereocenters. The highest BCUT2D eigenvalue weighted by atomic mass is 79.9. The van der Waals surface area contributed by atoms with Crippen LogP contribution in [0.1, 0.15) is 21.5 Å². The van der Waals surface area contributed by atoms with Gasteiger partial charge in [0.05, 0.1) is 11.9 Å². The molecule has 0 amide bonds. The van der Waals surface area contributed by atoms with Crippen LogP contribution in [0.5, 0.6) is 5.75 Å². The van der Waals surface area contributed by atoms with Gasteiger partial charge in [0, 0.05) is 17.2 Å². The topological polar surface area (TPSA) is 9.23 Å². The Hall–Kier alpha value is -1.49. The van der Waals surface area contributed by atoms with Gasteiger partial charge in [-0.05, 0) is 36.8 Å². The Kier molecular flexibility index (Phi) is 4.38. The fourth-order valence-corrected chi connectivity index (χ4v) is 2.65. The molecule has 0 aliphatic heterocycles. The average molecular weight is 345 g/mol. The summed E-state index contributed by atoms with van der Waals surface area (Å²) in [5.41, 5.74) is 0.992. The van der Waals surface area contributed by atoms with Crippen LogP contribution in [0, 0.1) is 24.4 Å². The van der Waals surface area contributed by atoms with Gasteiger partial charge < -0.3 is 4.74 Å². The molecular formula is C15H12BrF3O. The summed E-state index contributed by atoms with van der Waals surface area (Å²) < 4.78 is 45.7. The highest BCUT2D eigenvalue weighted by Gasteiger charge is 2.20. The van der Waals surface area contributed by atoms with Crippen molar-refractivity contribution in [2.24, 2.45) is 0 Å². The molecule has 0 bridgehead atoms. The Labute approximate surface area is 123 Å². The van der Waals surface area contributed by atoms with E-state index in [-0.39, 0.29) is 5.56 Å². The van der Waals surface area contributed by atoms with Crippen molar-refractivity contribution >= 4 is 15.9 Å². The number of methoxy groups -OCH3 is 1. The molecule has 2 rings (SSSR count). The fraction of sp³-hybridized carbons (Fsp3) is 0.200. The maximum Gasteiger partial charge on any atom is 0.130 e. The van der Waals surface area contributed by atoms with Gasteiger partial charge in [-0.1, -0.05) is 15.9 Å². The zero-order valence-corrected chi connectivity index (χ0v) is 12.5. The number of alkyl halides is 1. The number of benzene rings is 2. The predicted molar refractivity (Wildman–Crippen MR) is 74.8 cm³/mol. The van der Waals surface area contributed by atoms with E-state index in [2.05, 4.69) is 15.9 Å². The minimum Gasteiger partial charge on any atom is -0.496 e. The first-order chi connectivity index (χ1) is 9.43. The van der Waals surface area contributed by atoms with E-state index in [0.29, 0.717) is 16.9 Å². The second kappa shape index (κ2) is 5.87. The van der Waals surface area contributed by atoms with Crippen LogP contribution in [-0.4, -0.2) is 7.11 Å². The Morgan fingerprint density at radius 3 is 2.35 bits per heavy atom. The highest BCUT2D eigenvalue weighted by Crippen LogP contribution is 2.38. The normalized spacial score (nSPS) is 12.3. The first-order valence-electron chi connectivity index (χ1n) is 5.87. The van der Waals surface area contributed by atoms with Crippen LogP contribution in [0.3, 0.4) is 0 Å². The van der Waals surface area contributed by atoms with Crippen molar-refractivity contribution in [3.8, 4) is 5.75 Å². The monoisotopic (exact) mass is 344 g/mol. The summed E-state index contributed by atoms with van der Waals surface area (Å²) in [6.45, 7) is 1.54. The molecule has 0 aromatic heterocycles. The predicted octanol–water partition coefficient (Wildman–Crippen LogP) is 4.91. The lowest BCUT2D eigenvalue weighted by Gasteiger charge is -2.16. The minimum atomic E-state index is -0.693. The Bertz CT molecular complexity index is 643. The average Bonchev–Trinajstić information content (AvgIpc) is 2.42. The second-order valence-corrected chi connectivity index (χ2v) is 5.29. The number of hydrogen-bond acceptors (Lipinski definition) is 1. The van der Waals surface area contributed by atoms with Crippen LogP contribution in [0.4, 0.5) is 13.2 Å². The van der Waals surface area contributed by atoms with Crippen LogP contribution >= 0.6 is 15.9 Å². The lowest BCUT2D eigenvalue weighted by molar-refractivity contribution is 0.409. The largest absolute Gasteiger partial charge is 0.496 e. The Morgan fingerprint density at radius 2 is 1.70 bits per heavy atom. The van der Waals surface area contributed by atoms with Crippen LogP contribution in [0.25, 0.3) is 0 Å². The van der Waals surface area contributed by atoms with Crippen molar-refractivity contribution in [3.63, 3.8) is 0 Å². The number of rotatable bonds is 3. The SMILES string of the molecule is COc1ccc(F)cc1C(Br)c1cc(C)c(F)cc1F. The van der Waals surface area contributed by atoms with Gasteiger partial charge in [-0.25, -0.2) is 13.2 Å². The number of ether oxygens (including phenoxy) is 1. The molecule has 0 fully saturated rings. The van der Waals surface area contributed by atoms with Gasteiger partial charge in [0.15, 0.2) is 0 Å². The van der Waals surface area contributed by atoms with Gasteiger partial charge in [0.2, 0.25) is 0 Å². The molecule has 0 N–H and O–H groups in total. The maximum absolute atomic E-state index is 13.9. The summed E-state index contributed by atoms with van der Waals surface area (Å²) in [5.74, 6) is -1.34. The molecule has 0 aliphatic rings. The van der Waals surface area contributed by atoms with Gasteiger partial charge in [-0.15, -0.1) is 0 Å². The van der Waals surface area contributed by atoms with Crippen molar-refractivity contribution in [1.29, 1.82) is 0 Å². The van der Waals surface area contributed by atoms with E-state index >= 15 is 0 Å². The van der Waals surface area contributed by atoms with Crippen LogP contribution in [-0.2, 0) is 0 Å². The second-order valence-electron chi connectivity index (χ2n) is 4.37. The molecule has 5 heteroatoms. The molecule has 2 aromatic carbocycles. The van der Waals surface area contributed by atoms with E-state index in [0.717, 1.165) is 6.07 Å². The molecule has 106 valence electrons. The van der Waals surface area contributed by atoms with Crippen molar-refractivity contribution < 1.29 is 17.9 Å². The molecule has 0 heterocycles. The van der Waals surface area contributed by atoms with Crippen molar-refractivity contribution in [3.05, 3.63) is 64.5 Å². The van der Waals surface area contributed by atoms with E-state index in [1.807, 2.05) is 0 Å². The molecular weight excluding hydrogens is 333 g/mol. The minimum absolute atomic E-state index is 0.229. The molecule has 0 saturated carbocycles. The zero-order valence-electron chi connectivity index (χ0n) is 10.9. The smallest absolute Gasteiger partial charge is 0.130 e. The molecule has 0 spiro atoms. The van der Waals surface area contributed by atoms with Crippen LogP contribution in [0.15, 0.2) is 30.3 Å². The van der Waals surface area contributed by atoms with Crippen LogP contribution in [0.2, 0.25) is 0 Å². The maximum atomic E-state index is 13.9. The number of aryl methyl sites for hydroxylation is 1. The Balaban J connectivity index is 2.54. The van der Waals surface area contributed by atoms with Crippen molar-refractivity contribution in [1.82, 2.24) is 0 Å². The number of hydrogen-bond donors (Lipinski definition) is 0. The third kappa shape index (κ3) is 2.82. The summed E-state index contributed by atoms with van der Waals surface area (Å²) in [7, 11) is 1.45. The summed E-state index contributed by atoms with van der Waals surface area (Å²) in [5, 5.41) is 0. The number of halogens is 4. The van der Waals surface area contributed by atoms with E-state index in [1.54, 1.807) is 6.92 Å². The standard InChI is InChI=1S/C15H12BrF3O/c1-8-5-10(13(19)7-12(8)18)15(16)11-6-9(17)3-4-14(11)20-2/h3-7,15H,1-2H3. The summed E-state index contributed by atoms with van der Waals surface area (Å²) in [4.78, 5) is -0.632. The molecule has 1 nitrogen and oxygen atoms in total. The quantitative estimate of drug-likeness (QED) is 0.719. The van der Waals surface area contributed by atoms with Gasteiger partial charge in [0.25, 0.3) is 0 Å². The summed E-state index contributed by atoms with van der Waals surface area (Å²) in [6.07, 6.45) is 0. The molecule has 1 atom stereocenters. The molecule has 0 radical (unpaired) electrons.